The molecule has 0 aliphatic carbocycles. The average Bonchev–Trinajstić information content (AvgIpc) is 2.77. The van der Waals surface area contributed by atoms with E-state index in [-0.39, 0.29) is 24.0 Å². The molecule has 0 unspecified atom stereocenters. The molecule has 2 N–H and O–H groups in total. The van der Waals surface area contributed by atoms with Crippen LogP contribution in [0.25, 0.3) is 0 Å². The monoisotopic (exact) mass is 524 g/mol. The van der Waals surface area contributed by atoms with E-state index in [1.807, 2.05) is 18.2 Å². The van der Waals surface area contributed by atoms with E-state index in [0.29, 0.717) is 13.1 Å². The molecule has 0 atom stereocenters. The van der Waals surface area contributed by atoms with E-state index in [1.54, 1.807) is 7.11 Å². The van der Waals surface area contributed by atoms with Crippen LogP contribution in [-0.2, 0) is 24.4 Å². The van der Waals surface area contributed by atoms with Crippen LogP contribution in [0.4, 0.5) is 0 Å². The van der Waals surface area contributed by atoms with Crippen LogP contribution in [-0.4, -0.2) is 50.8 Å². The quantitative estimate of drug-likeness (QED) is 0.315. The van der Waals surface area contributed by atoms with E-state index in [1.165, 1.54) is 11.1 Å². The molecule has 1 aliphatic rings. The van der Waals surface area contributed by atoms with Crippen LogP contribution < -0.4 is 15.4 Å². The SMILES string of the molecule is CCNC(=NCc1ccc(CN2CCOCC2)cc1)NCc1ccccc1OC.I. The highest BCUT2D eigenvalue weighted by Crippen LogP contribution is 2.16. The number of nitrogens with one attached hydrogen (secondary N) is 2. The molecule has 6 nitrogen and oxygen atoms in total. The number of benzene rings is 2. The Hall–Kier alpha value is -1.84. The molecule has 0 spiro atoms. The molecule has 2 aromatic rings. The van der Waals surface area contributed by atoms with Crippen LogP contribution in [0.3, 0.4) is 0 Å². The lowest BCUT2D eigenvalue weighted by Gasteiger charge is -2.26. The van der Waals surface area contributed by atoms with Crippen molar-refractivity contribution in [3.8, 4) is 5.75 Å². The summed E-state index contributed by atoms with van der Waals surface area (Å²) < 4.78 is 10.8. The molecule has 0 radical (unpaired) electrons. The predicted octanol–water partition coefficient (Wildman–Crippen LogP) is 3.40. The molecule has 0 amide bonds. The number of aliphatic imine (C=N–C) groups is 1. The van der Waals surface area contributed by atoms with Crippen LogP contribution in [0.5, 0.6) is 5.75 Å². The van der Waals surface area contributed by atoms with Gasteiger partial charge in [0.15, 0.2) is 5.96 Å². The largest absolute Gasteiger partial charge is 0.496 e. The van der Waals surface area contributed by atoms with Gasteiger partial charge in [0.1, 0.15) is 5.75 Å². The molecule has 0 saturated carbocycles. The average molecular weight is 524 g/mol. The summed E-state index contributed by atoms with van der Waals surface area (Å²) in [5.74, 6) is 1.68. The fraction of sp³-hybridized carbons (Fsp3) is 0.435. The maximum atomic E-state index is 5.42. The van der Waals surface area contributed by atoms with E-state index in [9.17, 15) is 0 Å². The third-order valence-corrected chi connectivity index (χ3v) is 4.94. The minimum absolute atomic E-state index is 0. The van der Waals surface area contributed by atoms with E-state index < -0.39 is 0 Å². The van der Waals surface area contributed by atoms with E-state index in [4.69, 9.17) is 14.5 Å². The Labute approximate surface area is 197 Å². The number of ether oxygens (including phenoxy) is 2. The van der Waals surface area contributed by atoms with Crippen molar-refractivity contribution in [1.29, 1.82) is 0 Å². The van der Waals surface area contributed by atoms with Crippen LogP contribution in [0.15, 0.2) is 53.5 Å². The van der Waals surface area contributed by atoms with Crippen LogP contribution in [0.2, 0.25) is 0 Å². The molecule has 3 rings (SSSR count). The third-order valence-electron chi connectivity index (χ3n) is 4.94. The highest BCUT2D eigenvalue weighted by molar-refractivity contribution is 14.0. The highest BCUT2D eigenvalue weighted by atomic mass is 127. The van der Waals surface area contributed by atoms with Gasteiger partial charge in [-0.3, -0.25) is 4.90 Å². The first kappa shape index (κ1) is 24.4. The summed E-state index contributed by atoms with van der Waals surface area (Å²) in [5.41, 5.74) is 3.64. The maximum absolute atomic E-state index is 5.42. The summed E-state index contributed by atoms with van der Waals surface area (Å²) in [7, 11) is 1.70. The maximum Gasteiger partial charge on any atom is 0.191 e. The van der Waals surface area contributed by atoms with Crippen molar-refractivity contribution in [2.45, 2.75) is 26.6 Å². The van der Waals surface area contributed by atoms with Gasteiger partial charge in [0.25, 0.3) is 0 Å². The Morgan fingerprint density at radius 1 is 1.03 bits per heavy atom. The molecule has 1 heterocycles. The normalized spacial score (nSPS) is 14.7. The first-order chi connectivity index (χ1) is 14.3. The van der Waals surface area contributed by atoms with Crippen molar-refractivity contribution in [3.05, 3.63) is 65.2 Å². The second kappa shape index (κ2) is 13.5. The van der Waals surface area contributed by atoms with Gasteiger partial charge in [-0.25, -0.2) is 4.99 Å². The fourth-order valence-corrected chi connectivity index (χ4v) is 3.31. The van der Waals surface area contributed by atoms with Crippen molar-refractivity contribution in [1.82, 2.24) is 15.5 Å². The predicted molar refractivity (Wildman–Crippen MR) is 133 cm³/mol. The van der Waals surface area contributed by atoms with Crippen LogP contribution in [0, 0.1) is 0 Å². The van der Waals surface area contributed by atoms with Crippen LogP contribution >= 0.6 is 24.0 Å². The number of methoxy groups -OCH3 is 1. The van der Waals surface area contributed by atoms with Gasteiger partial charge in [-0.1, -0.05) is 42.5 Å². The Balaban J connectivity index is 0.00000320. The molecule has 0 bridgehead atoms. The number of morpholine rings is 1. The van der Waals surface area contributed by atoms with Crippen molar-refractivity contribution >= 4 is 29.9 Å². The minimum atomic E-state index is 0. The molecule has 164 valence electrons. The van der Waals surface area contributed by atoms with E-state index in [2.05, 4.69) is 52.8 Å². The van der Waals surface area contributed by atoms with Gasteiger partial charge in [0, 0.05) is 38.3 Å². The van der Waals surface area contributed by atoms with Crippen molar-refractivity contribution < 1.29 is 9.47 Å². The van der Waals surface area contributed by atoms with Crippen LogP contribution in [0.1, 0.15) is 23.6 Å². The second-order valence-electron chi connectivity index (χ2n) is 7.07. The Kier molecular flexibility index (Phi) is 11.0. The number of hydrogen-bond acceptors (Lipinski definition) is 4. The van der Waals surface area contributed by atoms with Gasteiger partial charge in [-0.05, 0) is 24.1 Å². The summed E-state index contributed by atoms with van der Waals surface area (Å²) in [5, 5.41) is 6.69. The van der Waals surface area contributed by atoms with Crippen molar-refractivity contribution in [3.63, 3.8) is 0 Å². The summed E-state index contributed by atoms with van der Waals surface area (Å²) >= 11 is 0. The summed E-state index contributed by atoms with van der Waals surface area (Å²) in [6.45, 7) is 8.86. The number of para-hydroxylation sites is 1. The number of nitrogens with zero attached hydrogens (tertiary/aromatic N) is 2. The molecule has 1 aliphatic heterocycles. The third kappa shape index (κ3) is 7.77. The smallest absolute Gasteiger partial charge is 0.191 e. The molecule has 1 saturated heterocycles. The molecule has 30 heavy (non-hydrogen) atoms. The molecule has 0 aromatic heterocycles. The summed E-state index contributed by atoms with van der Waals surface area (Å²) in [4.78, 5) is 7.16. The molecule has 7 heteroatoms. The first-order valence-corrected chi connectivity index (χ1v) is 10.3. The summed E-state index contributed by atoms with van der Waals surface area (Å²) in [6.07, 6.45) is 0. The minimum Gasteiger partial charge on any atom is -0.496 e. The van der Waals surface area contributed by atoms with E-state index >= 15 is 0 Å². The first-order valence-electron chi connectivity index (χ1n) is 10.3. The lowest BCUT2D eigenvalue weighted by Crippen LogP contribution is -2.36. The molecule has 1 fully saturated rings. The zero-order chi connectivity index (χ0) is 20.3. The highest BCUT2D eigenvalue weighted by Gasteiger charge is 2.10. The Morgan fingerprint density at radius 2 is 1.73 bits per heavy atom. The van der Waals surface area contributed by atoms with Gasteiger partial charge in [0.2, 0.25) is 0 Å². The zero-order valence-corrected chi connectivity index (χ0v) is 20.2. The number of guanidine groups is 1. The zero-order valence-electron chi connectivity index (χ0n) is 17.9. The van der Waals surface area contributed by atoms with Crippen molar-refractivity contribution in [2.24, 2.45) is 4.99 Å². The number of hydrogen-bond donors (Lipinski definition) is 2. The lowest BCUT2D eigenvalue weighted by molar-refractivity contribution is 0.0342. The Morgan fingerprint density at radius 3 is 2.43 bits per heavy atom. The molecular formula is C23H33IN4O2. The fourth-order valence-electron chi connectivity index (χ4n) is 3.31. The van der Waals surface area contributed by atoms with E-state index in [0.717, 1.165) is 56.7 Å². The standard InChI is InChI=1S/C23H32N4O2.HI/c1-3-24-23(26-17-21-6-4-5-7-22(21)28-2)25-16-19-8-10-20(11-9-19)18-27-12-14-29-15-13-27;/h4-11H,3,12-18H2,1-2H3,(H2,24,25,26);1H. The van der Waals surface area contributed by atoms with Crippen molar-refractivity contribution in [2.75, 3.05) is 40.0 Å². The van der Waals surface area contributed by atoms with Gasteiger partial charge in [-0.15, -0.1) is 24.0 Å². The number of halogens is 1. The van der Waals surface area contributed by atoms with Gasteiger partial charge >= 0.3 is 0 Å². The molecular weight excluding hydrogens is 491 g/mol. The molecule has 2 aromatic carbocycles. The number of rotatable bonds is 8. The van der Waals surface area contributed by atoms with Gasteiger partial charge in [0.05, 0.1) is 26.9 Å². The Bertz CT molecular complexity index is 777. The summed E-state index contributed by atoms with van der Waals surface area (Å²) in [6, 6.07) is 16.8. The second-order valence-corrected chi connectivity index (χ2v) is 7.07. The topological polar surface area (TPSA) is 58.1 Å². The van der Waals surface area contributed by atoms with Gasteiger partial charge < -0.3 is 20.1 Å². The van der Waals surface area contributed by atoms with Gasteiger partial charge in [-0.2, -0.15) is 0 Å². The lowest BCUT2D eigenvalue weighted by atomic mass is 10.1.